The molecule has 18 heteroatoms. The molecule has 0 spiro atoms. The largest absolute Gasteiger partial charge is 0.501 e. The number of alkyl halides is 5. The summed E-state index contributed by atoms with van der Waals surface area (Å²) in [7, 11) is -10.9. The van der Waals surface area contributed by atoms with Crippen molar-refractivity contribution in [1.82, 2.24) is 14.5 Å². The molecule has 0 bridgehead atoms. The number of amides is 1. The maximum absolute atomic E-state index is 14.2. The Morgan fingerprint density at radius 2 is 1.56 bits per heavy atom. The second-order valence-corrected chi connectivity index (χ2v) is 24.2. The molecule has 3 aromatic rings. The van der Waals surface area contributed by atoms with Gasteiger partial charge >= 0.3 is 5.51 Å². The second kappa shape index (κ2) is 19.7. The van der Waals surface area contributed by atoms with Crippen molar-refractivity contribution in [3.63, 3.8) is 0 Å². The first kappa shape index (κ1) is 48.7. The summed E-state index contributed by atoms with van der Waals surface area (Å²) in [5.41, 5.74) is -2.30. The number of likely N-dealkylation sites (tertiary alicyclic amines) is 1. The molecule has 10 nitrogen and oxygen atoms in total. The van der Waals surface area contributed by atoms with Gasteiger partial charge in [-0.05, 0) is 142 Å². The van der Waals surface area contributed by atoms with Gasteiger partial charge in [0.25, 0.3) is 25.8 Å². The third-order valence-corrected chi connectivity index (χ3v) is 18.4. The first-order valence-electron chi connectivity index (χ1n) is 23.0. The minimum atomic E-state index is -6.05. The third-order valence-electron chi connectivity index (χ3n) is 14.4. The molecule has 3 aromatic carbocycles. The monoisotopic (exact) mass is 977 g/mol. The number of carbonyl (C=O) groups excluding carboxylic acids is 1. The van der Waals surface area contributed by atoms with E-state index in [1.54, 1.807) is 12.1 Å². The number of piperazine rings is 1. The van der Waals surface area contributed by atoms with Crippen molar-refractivity contribution in [2.45, 2.75) is 97.9 Å². The van der Waals surface area contributed by atoms with Crippen molar-refractivity contribution < 1.29 is 43.6 Å². The van der Waals surface area contributed by atoms with Crippen LogP contribution in [-0.2, 0) is 19.9 Å². The molecular weight excluding hydrogens is 918 g/mol. The van der Waals surface area contributed by atoms with Gasteiger partial charge in [-0.1, -0.05) is 43.2 Å². The molecular formula is C48H60F5N5O5S3. The summed E-state index contributed by atoms with van der Waals surface area (Å²) in [6.45, 7) is 10.8. The van der Waals surface area contributed by atoms with E-state index >= 15 is 0 Å². The minimum Gasteiger partial charge on any atom is -0.380 e. The van der Waals surface area contributed by atoms with Gasteiger partial charge in [0, 0.05) is 73.1 Å². The van der Waals surface area contributed by atoms with E-state index in [4.69, 9.17) is 0 Å². The summed E-state index contributed by atoms with van der Waals surface area (Å²) in [5, 5.41) is 3.00. The minimum absolute atomic E-state index is 0.0160. The Labute approximate surface area is 390 Å². The van der Waals surface area contributed by atoms with E-state index in [1.807, 2.05) is 35.1 Å². The number of carbonyl (C=O) groups is 1. The molecule has 3 aliphatic carbocycles. The summed E-state index contributed by atoms with van der Waals surface area (Å²) in [5.74, 6) is -0.285. The zero-order valence-corrected chi connectivity index (χ0v) is 39.9. The lowest BCUT2D eigenvalue weighted by Crippen LogP contribution is -2.47. The van der Waals surface area contributed by atoms with Crippen molar-refractivity contribution >= 4 is 48.9 Å². The number of fused-ring (bicyclic) bond motifs is 1. The quantitative estimate of drug-likeness (QED) is 0.0770. The summed E-state index contributed by atoms with van der Waals surface area (Å²) in [6.07, 6.45) is 4.87. The predicted octanol–water partition coefficient (Wildman–Crippen LogP) is 9.32. The SMILES string of the molecule is CC1(C)CCC(CN2CCN(c3ccc(C(=O)NS(=O)(=O)c4ccc(NC(CCN5CCCC5)CSc5ccccc5)c(S(=O)(=O)C(F)(F)F)c4)cc3)CC2)=C(C2CC(C(F)F)C3CC23)C1. The van der Waals surface area contributed by atoms with Gasteiger partial charge in [-0.3, -0.25) is 9.69 Å². The van der Waals surface area contributed by atoms with Crippen LogP contribution in [0.1, 0.15) is 75.6 Å². The molecule has 4 fully saturated rings. The van der Waals surface area contributed by atoms with Gasteiger partial charge in [0.15, 0.2) is 0 Å². The number of nitrogens with zero attached hydrogens (tertiary/aromatic N) is 3. The fourth-order valence-electron chi connectivity index (χ4n) is 10.6. The van der Waals surface area contributed by atoms with Gasteiger partial charge in [0.2, 0.25) is 6.43 Å². The standard InChI is InChI=1S/C48H60F5N5O5S3/c1-47(2)18-16-33(42(29-47)40-28-41(45(49)50)39-27-38(39)40)30-57-22-24-58(25-23-57)35-12-10-32(11-13-35)46(59)55-66(62,63)37-14-15-43(44(26-37)65(60,61)48(51,52)53)54-34(17-21-56-19-6-7-20-56)31-64-36-8-4-3-5-9-36/h3-5,8-15,26,34,38-41,45,54H,6-7,16-25,27-31H2,1-2H3,(H,55,59). The zero-order valence-electron chi connectivity index (χ0n) is 37.4. The van der Waals surface area contributed by atoms with E-state index in [0.29, 0.717) is 50.2 Å². The smallest absolute Gasteiger partial charge is 0.380 e. The zero-order chi connectivity index (χ0) is 47.0. The van der Waals surface area contributed by atoms with Gasteiger partial charge in [0.05, 0.1) is 10.6 Å². The van der Waals surface area contributed by atoms with E-state index < -0.39 is 59.5 Å². The van der Waals surface area contributed by atoms with Gasteiger partial charge in [-0.2, -0.15) is 13.2 Å². The lowest BCUT2D eigenvalue weighted by Gasteiger charge is -2.40. The maximum Gasteiger partial charge on any atom is 0.501 e. The van der Waals surface area contributed by atoms with E-state index in [1.165, 1.54) is 35.0 Å². The number of hydrogen-bond acceptors (Lipinski definition) is 10. The highest BCUT2D eigenvalue weighted by atomic mass is 32.2. The number of hydrogen-bond donors (Lipinski definition) is 2. The van der Waals surface area contributed by atoms with Crippen molar-refractivity contribution in [2.75, 3.05) is 68.3 Å². The van der Waals surface area contributed by atoms with Gasteiger partial charge in [-0.25, -0.2) is 30.3 Å². The Bertz CT molecular complexity index is 2460. The molecule has 0 radical (unpaired) electrons. The molecule has 1 amide bonds. The number of rotatable bonds is 17. The number of sulfonamides is 1. The van der Waals surface area contributed by atoms with Crippen LogP contribution in [0.2, 0.25) is 0 Å². The van der Waals surface area contributed by atoms with E-state index in [2.05, 4.69) is 33.9 Å². The molecule has 5 atom stereocenters. The van der Waals surface area contributed by atoms with Crippen LogP contribution >= 0.6 is 11.8 Å². The van der Waals surface area contributed by atoms with Crippen molar-refractivity contribution in [3.8, 4) is 0 Å². The van der Waals surface area contributed by atoms with Crippen molar-refractivity contribution in [2.24, 2.45) is 29.1 Å². The molecule has 2 N–H and O–H groups in total. The van der Waals surface area contributed by atoms with E-state index in [-0.39, 0.29) is 28.5 Å². The Hall–Kier alpha value is -3.71. The second-order valence-electron chi connectivity index (χ2n) is 19.5. The first-order chi connectivity index (χ1) is 31.3. The van der Waals surface area contributed by atoms with Crippen LogP contribution in [0.15, 0.2) is 98.6 Å². The van der Waals surface area contributed by atoms with Crippen LogP contribution in [0, 0.1) is 29.1 Å². The molecule has 66 heavy (non-hydrogen) atoms. The topological polar surface area (TPSA) is 119 Å². The van der Waals surface area contributed by atoms with Crippen molar-refractivity contribution in [3.05, 3.63) is 89.5 Å². The Morgan fingerprint density at radius 3 is 2.21 bits per heavy atom. The Morgan fingerprint density at radius 1 is 0.864 bits per heavy atom. The number of nitrogens with one attached hydrogen (secondary N) is 2. The molecule has 5 aliphatic rings. The molecule has 5 unspecified atom stereocenters. The van der Waals surface area contributed by atoms with Crippen LogP contribution in [0.4, 0.5) is 33.3 Å². The summed E-state index contributed by atoms with van der Waals surface area (Å²) < 4.78 is 125. The summed E-state index contributed by atoms with van der Waals surface area (Å²) >= 11 is 1.46. The predicted molar refractivity (Wildman–Crippen MR) is 248 cm³/mol. The Balaban J connectivity index is 0.915. The highest BCUT2D eigenvalue weighted by Crippen LogP contribution is 2.64. The van der Waals surface area contributed by atoms with Gasteiger partial charge in [-0.15, -0.1) is 11.8 Å². The first-order valence-corrected chi connectivity index (χ1v) is 27.0. The third kappa shape index (κ3) is 11.2. The van der Waals surface area contributed by atoms with Crippen LogP contribution in [0.3, 0.4) is 0 Å². The Kier molecular flexibility index (Phi) is 14.6. The fraction of sp³-hybridized carbons (Fsp3) is 0.562. The molecule has 8 rings (SSSR count). The van der Waals surface area contributed by atoms with E-state index in [0.717, 1.165) is 94.0 Å². The maximum atomic E-state index is 14.2. The number of halogens is 5. The van der Waals surface area contributed by atoms with Crippen LogP contribution < -0.4 is 14.9 Å². The normalized spacial score (nSPS) is 24.4. The highest BCUT2D eigenvalue weighted by molar-refractivity contribution is 7.99. The molecule has 2 saturated heterocycles. The number of sulfone groups is 1. The van der Waals surface area contributed by atoms with Crippen molar-refractivity contribution in [1.29, 1.82) is 0 Å². The highest BCUT2D eigenvalue weighted by Gasteiger charge is 2.58. The fourth-order valence-corrected chi connectivity index (χ4v) is 13.6. The van der Waals surface area contributed by atoms with Gasteiger partial charge < -0.3 is 15.1 Å². The molecule has 2 aliphatic heterocycles. The average molecular weight is 978 g/mol. The molecule has 2 heterocycles. The molecule has 2 saturated carbocycles. The van der Waals surface area contributed by atoms with E-state index in [9.17, 15) is 43.6 Å². The number of allylic oxidation sites excluding steroid dienone is 1. The molecule has 0 aromatic heterocycles. The summed E-state index contributed by atoms with van der Waals surface area (Å²) in [4.78, 5) is 19.0. The summed E-state index contributed by atoms with van der Waals surface area (Å²) in [6, 6.07) is 17.7. The van der Waals surface area contributed by atoms with Crippen LogP contribution in [0.5, 0.6) is 0 Å². The number of thioether (sulfide) groups is 1. The van der Waals surface area contributed by atoms with Crippen LogP contribution in [0.25, 0.3) is 0 Å². The average Bonchev–Trinajstić information content (AvgIpc) is 3.68. The number of anilines is 2. The van der Waals surface area contributed by atoms with Gasteiger partial charge in [0.1, 0.15) is 4.90 Å². The van der Waals surface area contributed by atoms with Crippen LogP contribution in [-0.4, -0.2) is 109 Å². The lowest BCUT2D eigenvalue weighted by atomic mass is 9.69. The number of benzene rings is 3. The lowest BCUT2D eigenvalue weighted by molar-refractivity contribution is -0.0436. The molecule has 360 valence electrons.